The fraction of sp³-hybridized carbons (Fsp3) is 0.455. The summed E-state index contributed by atoms with van der Waals surface area (Å²) in [5.74, 6) is 1.52. The fourth-order valence-corrected chi connectivity index (χ4v) is 1.33. The Morgan fingerprint density at radius 1 is 1.20 bits per heavy atom. The average molecular weight is 210 g/mol. The molecule has 1 rings (SSSR count). The summed E-state index contributed by atoms with van der Waals surface area (Å²) >= 11 is 0. The third-order valence-corrected chi connectivity index (χ3v) is 2.25. The van der Waals surface area contributed by atoms with Crippen molar-refractivity contribution >= 4 is 0 Å². The van der Waals surface area contributed by atoms with Gasteiger partial charge in [0.15, 0.2) is 11.5 Å². The second kappa shape index (κ2) is 5.58. The highest BCUT2D eigenvalue weighted by Gasteiger charge is 2.05. The van der Waals surface area contributed by atoms with Gasteiger partial charge < -0.3 is 9.47 Å². The molecule has 15 heavy (non-hydrogen) atoms. The maximum atomic E-state index is 5.23. The van der Waals surface area contributed by atoms with Crippen LogP contribution in [-0.4, -0.2) is 33.3 Å². The number of nitrogens with zero attached hydrogens (tertiary/aromatic N) is 1. The smallest absolute Gasteiger partial charge is 0.161 e. The van der Waals surface area contributed by atoms with Crippen LogP contribution in [0.3, 0.4) is 0 Å². The lowest BCUT2D eigenvalue weighted by Gasteiger charge is -2.16. The average Bonchev–Trinajstić information content (AvgIpc) is 2.28. The van der Waals surface area contributed by atoms with Crippen molar-refractivity contribution in [3.05, 3.63) is 23.8 Å². The van der Waals surface area contributed by atoms with Crippen LogP contribution in [0.15, 0.2) is 18.2 Å². The Balaban J connectivity index is 2.83. The molecule has 0 saturated carbocycles. The Morgan fingerprint density at radius 2 is 1.87 bits per heavy atom. The number of hydrogen-bond donors (Lipinski definition) is 1. The summed E-state index contributed by atoms with van der Waals surface area (Å²) in [6.45, 7) is 0.816. The van der Waals surface area contributed by atoms with Gasteiger partial charge in [-0.15, -0.1) is 0 Å². The van der Waals surface area contributed by atoms with E-state index in [0.29, 0.717) is 0 Å². The third-order valence-electron chi connectivity index (χ3n) is 2.25. The van der Waals surface area contributed by atoms with Gasteiger partial charge in [-0.1, -0.05) is 6.07 Å². The van der Waals surface area contributed by atoms with Gasteiger partial charge in [-0.25, -0.2) is 5.01 Å². The van der Waals surface area contributed by atoms with Crippen molar-refractivity contribution in [3.63, 3.8) is 0 Å². The van der Waals surface area contributed by atoms with Crippen LogP contribution in [0.25, 0.3) is 0 Å². The van der Waals surface area contributed by atoms with Crippen LogP contribution in [0.2, 0.25) is 0 Å². The Bertz CT molecular complexity index is 315. The highest BCUT2D eigenvalue weighted by Crippen LogP contribution is 2.27. The van der Waals surface area contributed by atoms with Gasteiger partial charge in [-0.3, -0.25) is 5.43 Å². The first-order chi connectivity index (χ1) is 7.21. The van der Waals surface area contributed by atoms with Gasteiger partial charge >= 0.3 is 0 Å². The minimum atomic E-state index is 0.758. The summed E-state index contributed by atoms with van der Waals surface area (Å²) in [5.41, 5.74) is 4.21. The van der Waals surface area contributed by atoms with E-state index in [1.807, 2.05) is 37.3 Å². The van der Waals surface area contributed by atoms with Crippen LogP contribution in [0.4, 0.5) is 0 Å². The maximum absolute atomic E-state index is 5.23. The van der Waals surface area contributed by atoms with Crippen LogP contribution in [0.1, 0.15) is 5.56 Å². The van der Waals surface area contributed by atoms with E-state index in [9.17, 15) is 0 Å². The molecular formula is C11H18N2O2. The van der Waals surface area contributed by atoms with Crippen LogP contribution in [-0.2, 0) is 6.54 Å². The van der Waals surface area contributed by atoms with E-state index >= 15 is 0 Å². The molecule has 1 aromatic carbocycles. The van der Waals surface area contributed by atoms with Crippen molar-refractivity contribution in [2.45, 2.75) is 6.54 Å². The lowest BCUT2D eigenvalue weighted by Crippen LogP contribution is -2.29. The van der Waals surface area contributed by atoms with Gasteiger partial charge in [0, 0.05) is 13.6 Å². The minimum Gasteiger partial charge on any atom is -0.493 e. The zero-order valence-electron chi connectivity index (χ0n) is 9.70. The van der Waals surface area contributed by atoms with Gasteiger partial charge in [-0.05, 0) is 24.7 Å². The molecule has 0 atom stereocenters. The van der Waals surface area contributed by atoms with Gasteiger partial charge in [0.05, 0.1) is 14.2 Å². The molecule has 0 aromatic heterocycles. The molecule has 0 unspecified atom stereocenters. The number of ether oxygens (including phenoxy) is 2. The molecule has 4 nitrogen and oxygen atoms in total. The predicted octanol–water partition coefficient (Wildman–Crippen LogP) is 1.27. The van der Waals surface area contributed by atoms with E-state index in [1.54, 1.807) is 14.2 Å². The quantitative estimate of drug-likeness (QED) is 0.742. The van der Waals surface area contributed by atoms with Crippen molar-refractivity contribution < 1.29 is 9.47 Å². The maximum Gasteiger partial charge on any atom is 0.161 e. The van der Waals surface area contributed by atoms with Crippen molar-refractivity contribution in [1.82, 2.24) is 10.4 Å². The van der Waals surface area contributed by atoms with E-state index in [1.165, 1.54) is 5.56 Å². The molecule has 84 valence electrons. The molecule has 0 amide bonds. The Kier molecular flexibility index (Phi) is 4.39. The predicted molar refractivity (Wildman–Crippen MR) is 60.1 cm³/mol. The third kappa shape index (κ3) is 3.11. The minimum absolute atomic E-state index is 0.758. The Labute approximate surface area is 90.8 Å². The first-order valence-corrected chi connectivity index (χ1v) is 4.80. The van der Waals surface area contributed by atoms with E-state index < -0.39 is 0 Å². The molecule has 1 N–H and O–H groups in total. The molecule has 0 bridgehead atoms. The van der Waals surface area contributed by atoms with Crippen molar-refractivity contribution in [2.24, 2.45) is 0 Å². The number of nitrogens with one attached hydrogen (secondary N) is 1. The molecule has 4 heteroatoms. The molecule has 0 heterocycles. The van der Waals surface area contributed by atoms with E-state index in [-0.39, 0.29) is 0 Å². The molecule has 0 radical (unpaired) electrons. The topological polar surface area (TPSA) is 33.7 Å². The number of benzene rings is 1. The molecule has 0 aliphatic heterocycles. The molecular weight excluding hydrogens is 192 g/mol. The highest BCUT2D eigenvalue weighted by molar-refractivity contribution is 5.42. The summed E-state index contributed by atoms with van der Waals surface area (Å²) in [6.07, 6.45) is 0. The van der Waals surface area contributed by atoms with Gasteiger partial charge in [0.1, 0.15) is 0 Å². The second-order valence-corrected chi connectivity index (χ2v) is 3.27. The Hall–Kier alpha value is -1.26. The van der Waals surface area contributed by atoms with E-state index in [4.69, 9.17) is 9.47 Å². The van der Waals surface area contributed by atoms with Gasteiger partial charge in [0.25, 0.3) is 0 Å². The first kappa shape index (κ1) is 11.8. The van der Waals surface area contributed by atoms with Crippen molar-refractivity contribution in [1.29, 1.82) is 0 Å². The SMILES string of the molecule is CNN(C)Cc1ccc(OC)c(OC)c1. The molecule has 0 fully saturated rings. The number of hydrogen-bond acceptors (Lipinski definition) is 4. The molecule has 0 aliphatic carbocycles. The summed E-state index contributed by atoms with van der Waals surface area (Å²) in [6, 6.07) is 5.92. The zero-order valence-corrected chi connectivity index (χ0v) is 9.70. The lowest BCUT2D eigenvalue weighted by atomic mass is 10.2. The number of methoxy groups -OCH3 is 2. The normalized spacial score (nSPS) is 10.5. The van der Waals surface area contributed by atoms with Crippen LogP contribution >= 0.6 is 0 Å². The van der Waals surface area contributed by atoms with Gasteiger partial charge in [0.2, 0.25) is 0 Å². The zero-order chi connectivity index (χ0) is 11.3. The summed E-state index contributed by atoms with van der Waals surface area (Å²) < 4.78 is 10.4. The summed E-state index contributed by atoms with van der Waals surface area (Å²) in [5, 5.41) is 1.99. The fourth-order valence-electron chi connectivity index (χ4n) is 1.33. The first-order valence-electron chi connectivity index (χ1n) is 4.80. The van der Waals surface area contributed by atoms with E-state index in [0.717, 1.165) is 18.0 Å². The van der Waals surface area contributed by atoms with Crippen LogP contribution in [0, 0.1) is 0 Å². The Morgan fingerprint density at radius 3 is 2.40 bits per heavy atom. The second-order valence-electron chi connectivity index (χ2n) is 3.27. The van der Waals surface area contributed by atoms with Crippen molar-refractivity contribution in [2.75, 3.05) is 28.3 Å². The van der Waals surface area contributed by atoms with E-state index in [2.05, 4.69) is 5.43 Å². The van der Waals surface area contributed by atoms with Crippen molar-refractivity contribution in [3.8, 4) is 11.5 Å². The number of hydrazine groups is 1. The van der Waals surface area contributed by atoms with Gasteiger partial charge in [-0.2, -0.15) is 0 Å². The molecule has 1 aromatic rings. The summed E-state index contributed by atoms with van der Waals surface area (Å²) in [4.78, 5) is 0. The largest absolute Gasteiger partial charge is 0.493 e. The van der Waals surface area contributed by atoms with Crippen LogP contribution in [0.5, 0.6) is 11.5 Å². The van der Waals surface area contributed by atoms with Crippen LogP contribution < -0.4 is 14.9 Å². The standard InChI is InChI=1S/C11H18N2O2/c1-12-13(2)8-9-5-6-10(14-3)11(7-9)15-4/h5-7,12H,8H2,1-4H3. The monoisotopic (exact) mass is 210 g/mol. The molecule has 0 saturated heterocycles. The summed E-state index contributed by atoms with van der Waals surface area (Å²) in [7, 11) is 7.15. The molecule has 0 spiro atoms. The molecule has 0 aliphatic rings. The lowest BCUT2D eigenvalue weighted by molar-refractivity contribution is 0.251. The highest BCUT2D eigenvalue weighted by atomic mass is 16.5. The number of rotatable bonds is 5.